The Balaban J connectivity index is 2.43. The smallest absolute Gasteiger partial charge is 0.0646 e. The first-order valence-corrected chi connectivity index (χ1v) is 8.11. The number of hydrogen-bond acceptors (Lipinski definition) is 3. The Morgan fingerprint density at radius 1 is 1.24 bits per heavy atom. The molecule has 3 N–H and O–H groups in total. The number of hydrogen-bond donors (Lipinski definition) is 2. The Labute approximate surface area is 129 Å². The lowest BCUT2D eigenvalue weighted by Gasteiger charge is -2.50. The summed E-state index contributed by atoms with van der Waals surface area (Å²) in [5.41, 5.74) is 7.23. The van der Waals surface area contributed by atoms with Crippen LogP contribution in [0.3, 0.4) is 0 Å². The zero-order valence-corrected chi connectivity index (χ0v) is 14.2. The van der Waals surface area contributed by atoms with Gasteiger partial charge in [0.05, 0.1) is 6.04 Å². The number of nitrogens with two attached hydrogens (primary N) is 1. The van der Waals surface area contributed by atoms with Crippen LogP contribution in [0.1, 0.15) is 55.3 Å². The lowest BCUT2D eigenvalue weighted by atomic mass is 9.70. The third-order valence-electron chi connectivity index (χ3n) is 5.48. The first-order valence-electron chi connectivity index (χ1n) is 8.11. The molecule has 21 heavy (non-hydrogen) atoms. The van der Waals surface area contributed by atoms with Crippen molar-refractivity contribution in [3.05, 3.63) is 34.9 Å². The Morgan fingerprint density at radius 3 is 2.38 bits per heavy atom. The molecule has 0 spiro atoms. The van der Waals surface area contributed by atoms with Crippen molar-refractivity contribution in [2.24, 2.45) is 11.8 Å². The van der Waals surface area contributed by atoms with E-state index in [1.54, 1.807) is 0 Å². The SMILES string of the molecule is Cc1ccc(C)c(C(NN)C2(N(C)C)CCC(C)CC2)c1. The van der Waals surface area contributed by atoms with E-state index >= 15 is 0 Å². The van der Waals surface area contributed by atoms with Gasteiger partial charge in [0.1, 0.15) is 0 Å². The number of nitrogens with zero attached hydrogens (tertiary/aromatic N) is 1. The van der Waals surface area contributed by atoms with Crippen LogP contribution < -0.4 is 11.3 Å². The van der Waals surface area contributed by atoms with Gasteiger partial charge < -0.3 is 4.90 Å². The van der Waals surface area contributed by atoms with Gasteiger partial charge >= 0.3 is 0 Å². The van der Waals surface area contributed by atoms with E-state index in [2.05, 4.69) is 63.4 Å². The maximum Gasteiger partial charge on any atom is 0.0646 e. The van der Waals surface area contributed by atoms with Gasteiger partial charge in [-0.05, 0) is 70.7 Å². The van der Waals surface area contributed by atoms with E-state index < -0.39 is 0 Å². The third kappa shape index (κ3) is 3.15. The van der Waals surface area contributed by atoms with E-state index in [0.29, 0.717) is 0 Å². The largest absolute Gasteiger partial charge is 0.302 e. The standard InChI is InChI=1S/C18H31N3/c1-13-8-10-18(11-9-13,21(4)5)17(20-19)16-12-14(2)6-7-15(16)3/h6-7,12-13,17,20H,8-11,19H2,1-5H3. The highest BCUT2D eigenvalue weighted by molar-refractivity contribution is 5.35. The van der Waals surface area contributed by atoms with Crippen LogP contribution in [0, 0.1) is 19.8 Å². The molecule has 0 aromatic heterocycles. The second-order valence-electron chi connectivity index (χ2n) is 7.14. The Kier molecular flexibility index (Phi) is 5.07. The van der Waals surface area contributed by atoms with Gasteiger partial charge in [-0.25, -0.2) is 0 Å². The van der Waals surface area contributed by atoms with Gasteiger partial charge in [-0.2, -0.15) is 0 Å². The van der Waals surface area contributed by atoms with Gasteiger partial charge in [0, 0.05) is 5.54 Å². The molecule has 1 aromatic carbocycles. The summed E-state index contributed by atoms with van der Waals surface area (Å²) in [4.78, 5) is 2.39. The number of benzene rings is 1. The average Bonchev–Trinajstić information content (AvgIpc) is 2.45. The molecule has 3 heteroatoms. The number of aryl methyl sites for hydroxylation is 2. The monoisotopic (exact) mass is 289 g/mol. The van der Waals surface area contributed by atoms with Crippen LogP contribution in [0.4, 0.5) is 0 Å². The molecule has 1 aromatic rings. The summed E-state index contributed by atoms with van der Waals surface area (Å²) in [7, 11) is 4.40. The van der Waals surface area contributed by atoms with Gasteiger partial charge in [-0.1, -0.05) is 30.7 Å². The summed E-state index contributed by atoms with van der Waals surface area (Å²) in [5, 5.41) is 0. The average molecular weight is 289 g/mol. The van der Waals surface area contributed by atoms with Crippen molar-refractivity contribution in [3.8, 4) is 0 Å². The fraction of sp³-hybridized carbons (Fsp3) is 0.667. The summed E-state index contributed by atoms with van der Waals surface area (Å²) in [6, 6.07) is 6.87. The Morgan fingerprint density at radius 2 is 1.86 bits per heavy atom. The van der Waals surface area contributed by atoms with Gasteiger partial charge in [-0.3, -0.25) is 11.3 Å². The molecule has 1 aliphatic carbocycles. The highest BCUT2D eigenvalue weighted by Gasteiger charge is 2.43. The normalized spacial score (nSPS) is 27.9. The van der Waals surface area contributed by atoms with Crippen LogP contribution in [-0.4, -0.2) is 24.5 Å². The van der Waals surface area contributed by atoms with E-state index in [1.165, 1.54) is 42.4 Å². The molecule has 1 saturated carbocycles. The second kappa shape index (κ2) is 6.47. The van der Waals surface area contributed by atoms with E-state index in [-0.39, 0.29) is 11.6 Å². The summed E-state index contributed by atoms with van der Waals surface area (Å²) in [5.74, 6) is 6.86. The maximum atomic E-state index is 6.04. The highest BCUT2D eigenvalue weighted by Crippen LogP contribution is 2.44. The molecule has 0 radical (unpaired) electrons. The van der Waals surface area contributed by atoms with Crippen molar-refractivity contribution in [1.82, 2.24) is 10.3 Å². The number of likely N-dealkylation sites (N-methyl/N-ethyl adjacent to an activating group) is 1. The van der Waals surface area contributed by atoms with E-state index in [9.17, 15) is 0 Å². The van der Waals surface area contributed by atoms with Crippen LogP contribution in [0.5, 0.6) is 0 Å². The molecule has 0 heterocycles. The zero-order valence-electron chi connectivity index (χ0n) is 14.2. The van der Waals surface area contributed by atoms with Gasteiger partial charge in [-0.15, -0.1) is 0 Å². The van der Waals surface area contributed by atoms with Crippen LogP contribution in [-0.2, 0) is 0 Å². The Bertz CT molecular complexity index is 473. The number of hydrazine groups is 1. The van der Waals surface area contributed by atoms with Crippen LogP contribution in [0.2, 0.25) is 0 Å². The quantitative estimate of drug-likeness (QED) is 0.660. The molecule has 0 amide bonds. The molecule has 1 aliphatic rings. The van der Waals surface area contributed by atoms with E-state index in [4.69, 9.17) is 5.84 Å². The van der Waals surface area contributed by atoms with Gasteiger partial charge in [0.15, 0.2) is 0 Å². The van der Waals surface area contributed by atoms with E-state index in [0.717, 1.165) is 5.92 Å². The summed E-state index contributed by atoms with van der Waals surface area (Å²) < 4.78 is 0. The minimum absolute atomic E-state index is 0.111. The molecule has 0 saturated heterocycles. The minimum atomic E-state index is 0.111. The number of rotatable bonds is 4. The molecular formula is C18H31N3. The predicted molar refractivity (Wildman–Crippen MR) is 90.0 cm³/mol. The van der Waals surface area contributed by atoms with E-state index in [1.807, 2.05) is 0 Å². The van der Waals surface area contributed by atoms with Crippen molar-refractivity contribution in [2.75, 3.05) is 14.1 Å². The molecular weight excluding hydrogens is 258 g/mol. The number of nitrogens with one attached hydrogen (secondary N) is 1. The predicted octanol–water partition coefficient (Wildman–Crippen LogP) is 3.32. The maximum absolute atomic E-state index is 6.04. The van der Waals surface area contributed by atoms with Crippen molar-refractivity contribution < 1.29 is 0 Å². The summed E-state index contributed by atoms with van der Waals surface area (Å²) >= 11 is 0. The van der Waals surface area contributed by atoms with Gasteiger partial charge in [0.25, 0.3) is 0 Å². The van der Waals surface area contributed by atoms with Crippen LogP contribution in [0.15, 0.2) is 18.2 Å². The molecule has 118 valence electrons. The molecule has 0 bridgehead atoms. The first kappa shape index (κ1) is 16.5. The fourth-order valence-electron chi connectivity index (χ4n) is 3.86. The molecule has 1 fully saturated rings. The van der Waals surface area contributed by atoms with Crippen molar-refractivity contribution in [3.63, 3.8) is 0 Å². The molecule has 3 nitrogen and oxygen atoms in total. The van der Waals surface area contributed by atoms with Crippen LogP contribution in [0.25, 0.3) is 0 Å². The first-order chi connectivity index (χ1) is 9.90. The fourth-order valence-corrected chi connectivity index (χ4v) is 3.86. The molecule has 2 rings (SSSR count). The zero-order chi connectivity index (χ0) is 15.6. The lowest BCUT2D eigenvalue weighted by Crippen LogP contribution is -2.57. The van der Waals surface area contributed by atoms with Crippen molar-refractivity contribution in [1.29, 1.82) is 0 Å². The van der Waals surface area contributed by atoms with Crippen molar-refractivity contribution >= 4 is 0 Å². The third-order valence-corrected chi connectivity index (χ3v) is 5.48. The molecule has 0 aliphatic heterocycles. The minimum Gasteiger partial charge on any atom is -0.302 e. The molecule has 1 unspecified atom stereocenters. The highest BCUT2D eigenvalue weighted by atomic mass is 15.3. The van der Waals surface area contributed by atoms with Crippen LogP contribution >= 0.6 is 0 Å². The van der Waals surface area contributed by atoms with Crippen molar-refractivity contribution in [2.45, 2.75) is 58.0 Å². The topological polar surface area (TPSA) is 41.3 Å². The summed E-state index contributed by atoms with van der Waals surface area (Å²) in [6.45, 7) is 6.71. The second-order valence-corrected chi connectivity index (χ2v) is 7.14. The van der Waals surface area contributed by atoms with Gasteiger partial charge in [0.2, 0.25) is 0 Å². The molecule has 1 atom stereocenters. The Hall–Kier alpha value is -0.900. The summed E-state index contributed by atoms with van der Waals surface area (Å²) in [6.07, 6.45) is 4.95. The lowest BCUT2D eigenvalue weighted by molar-refractivity contribution is 0.0426.